The predicted molar refractivity (Wildman–Crippen MR) is 46.3 cm³/mol. The summed E-state index contributed by atoms with van der Waals surface area (Å²) in [7, 11) is 0. The minimum Gasteiger partial charge on any atom is -0.325 e. The fraction of sp³-hybridized carbons (Fsp3) is 0.500. The average Bonchev–Trinajstić information content (AvgIpc) is 2.12. The first-order valence-corrected chi connectivity index (χ1v) is 4.27. The average molecular weight is 155 g/mol. The normalized spacial score (nSPS) is 11.9. The molecule has 0 aliphatic rings. The monoisotopic (exact) mass is 155 g/mol. The van der Waals surface area contributed by atoms with Crippen molar-refractivity contribution in [1.29, 1.82) is 0 Å². The van der Waals surface area contributed by atoms with Gasteiger partial charge in [0, 0.05) is 10.4 Å². The molecule has 0 amide bonds. The van der Waals surface area contributed by atoms with E-state index in [0.717, 1.165) is 6.42 Å². The van der Waals surface area contributed by atoms with Crippen LogP contribution in [0.25, 0.3) is 0 Å². The largest absolute Gasteiger partial charge is 0.325 e. The van der Waals surface area contributed by atoms with Gasteiger partial charge in [0.25, 0.3) is 0 Å². The fourth-order valence-corrected chi connectivity index (χ4v) is 1.81. The van der Waals surface area contributed by atoms with Gasteiger partial charge in [-0.2, -0.15) is 0 Å². The van der Waals surface area contributed by atoms with Crippen LogP contribution >= 0.6 is 11.3 Å². The summed E-state index contributed by atoms with van der Waals surface area (Å²) in [6, 6.07) is 4.19. The summed E-state index contributed by atoms with van der Waals surface area (Å²) >= 11 is 1.77. The molecule has 0 atom stereocenters. The van der Waals surface area contributed by atoms with Gasteiger partial charge in [0.2, 0.25) is 0 Å². The highest BCUT2D eigenvalue weighted by Gasteiger charge is 2.11. The molecule has 2 heteroatoms. The number of rotatable bonds is 2. The molecule has 1 heterocycles. The number of nitrogens with two attached hydrogens (primary N) is 1. The summed E-state index contributed by atoms with van der Waals surface area (Å²) < 4.78 is 0. The van der Waals surface area contributed by atoms with Crippen molar-refractivity contribution in [2.75, 3.05) is 0 Å². The van der Waals surface area contributed by atoms with E-state index in [-0.39, 0.29) is 5.54 Å². The maximum atomic E-state index is 5.83. The van der Waals surface area contributed by atoms with Crippen molar-refractivity contribution in [3.05, 3.63) is 22.4 Å². The summed E-state index contributed by atoms with van der Waals surface area (Å²) in [6.45, 7) is 4.10. The smallest absolute Gasteiger partial charge is 0.0145 e. The van der Waals surface area contributed by atoms with Crippen molar-refractivity contribution in [3.8, 4) is 0 Å². The molecule has 0 saturated heterocycles. The lowest BCUT2D eigenvalue weighted by molar-refractivity contribution is 0.521. The summed E-state index contributed by atoms with van der Waals surface area (Å²) in [4.78, 5) is 1.37. The lowest BCUT2D eigenvalue weighted by Crippen LogP contribution is -2.33. The highest BCUT2D eigenvalue weighted by molar-refractivity contribution is 7.09. The van der Waals surface area contributed by atoms with Crippen molar-refractivity contribution in [2.24, 2.45) is 5.73 Å². The molecule has 1 aromatic heterocycles. The van der Waals surface area contributed by atoms with E-state index in [0.29, 0.717) is 0 Å². The summed E-state index contributed by atoms with van der Waals surface area (Å²) in [6.07, 6.45) is 0.977. The molecule has 0 aliphatic heterocycles. The lowest BCUT2D eigenvalue weighted by atomic mass is 10.0. The topological polar surface area (TPSA) is 26.0 Å². The Labute approximate surface area is 65.9 Å². The first-order valence-electron chi connectivity index (χ1n) is 3.39. The Bertz CT molecular complexity index is 184. The minimum atomic E-state index is -0.0646. The van der Waals surface area contributed by atoms with Crippen LogP contribution in [-0.2, 0) is 6.42 Å². The maximum Gasteiger partial charge on any atom is 0.0145 e. The highest BCUT2D eigenvalue weighted by Crippen LogP contribution is 2.14. The predicted octanol–water partition coefficient (Wildman–Crippen LogP) is 2.03. The van der Waals surface area contributed by atoms with Gasteiger partial charge in [-0.15, -0.1) is 11.3 Å². The molecule has 10 heavy (non-hydrogen) atoms. The second-order valence-corrected chi connectivity index (χ2v) is 4.28. The molecule has 1 nitrogen and oxygen atoms in total. The Hall–Kier alpha value is -0.340. The molecule has 56 valence electrons. The van der Waals surface area contributed by atoms with Gasteiger partial charge in [-0.05, 0) is 31.7 Å². The van der Waals surface area contributed by atoms with Gasteiger partial charge in [0.05, 0.1) is 0 Å². The van der Waals surface area contributed by atoms with Crippen molar-refractivity contribution < 1.29 is 0 Å². The third-order valence-electron chi connectivity index (χ3n) is 1.21. The van der Waals surface area contributed by atoms with Crippen LogP contribution < -0.4 is 5.73 Å². The minimum absolute atomic E-state index is 0.0646. The first kappa shape index (κ1) is 7.76. The maximum absolute atomic E-state index is 5.83. The van der Waals surface area contributed by atoms with E-state index in [1.54, 1.807) is 11.3 Å². The van der Waals surface area contributed by atoms with Gasteiger partial charge >= 0.3 is 0 Å². The lowest BCUT2D eigenvalue weighted by Gasteiger charge is -2.16. The molecule has 0 aliphatic carbocycles. The van der Waals surface area contributed by atoms with Crippen LogP contribution in [0.2, 0.25) is 0 Å². The van der Waals surface area contributed by atoms with E-state index in [9.17, 15) is 0 Å². The summed E-state index contributed by atoms with van der Waals surface area (Å²) in [5.74, 6) is 0. The van der Waals surface area contributed by atoms with Gasteiger partial charge in [0.15, 0.2) is 0 Å². The zero-order valence-corrected chi connectivity index (χ0v) is 7.24. The Morgan fingerprint density at radius 3 is 2.70 bits per heavy atom. The zero-order chi connectivity index (χ0) is 7.61. The number of thiophene rings is 1. The second-order valence-electron chi connectivity index (χ2n) is 3.24. The molecule has 0 aromatic carbocycles. The third kappa shape index (κ3) is 2.50. The highest BCUT2D eigenvalue weighted by atomic mass is 32.1. The van der Waals surface area contributed by atoms with Gasteiger partial charge in [0.1, 0.15) is 0 Å². The molecule has 0 bridgehead atoms. The Morgan fingerprint density at radius 1 is 1.60 bits per heavy atom. The van der Waals surface area contributed by atoms with Crippen molar-refractivity contribution in [1.82, 2.24) is 0 Å². The molecule has 1 aromatic rings. The van der Waals surface area contributed by atoms with Crippen molar-refractivity contribution >= 4 is 11.3 Å². The summed E-state index contributed by atoms with van der Waals surface area (Å²) in [5.41, 5.74) is 5.77. The van der Waals surface area contributed by atoms with Crippen LogP contribution in [-0.4, -0.2) is 5.54 Å². The molecule has 0 radical (unpaired) electrons. The Morgan fingerprint density at radius 2 is 2.30 bits per heavy atom. The van der Waals surface area contributed by atoms with Gasteiger partial charge in [-0.3, -0.25) is 0 Å². The number of hydrogen-bond acceptors (Lipinski definition) is 2. The second kappa shape index (κ2) is 2.72. The molecular formula is C8H13NS. The third-order valence-corrected chi connectivity index (χ3v) is 2.09. The van der Waals surface area contributed by atoms with E-state index in [4.69, 9.17) is 5.73 Å². The zero-order valence-electron chi connectivity index (χ0n) is 6.42. The quantitative estimate of drug-likeness (QED) is 0.694. The van der Waals surface area contributed by atoms with Gasteiger partial charge in [-0.25, -0.2) is 0 Å². The van der Waals surface area contributed by atoms with E-state index >= 15 is 0 Å². The van der Waals surface area contributed by atoms with Crippen LogP contribution in [0.5, 0.6) is 0 Å². The molecule has 0 saturated carbocycles. The fourth-order valence-electron chi connectivity index (χ4n) is 0.862. The molecule has 1 rings (SSSR count). The van der Waals surface area contributed by atoms with Crippen LogP contribution in [0.3, 0.4) is 0 Å². The molecule has 0 unspecified atom stereocenters. The molecule has 0 spiro atoms. The molecule has 0 fully saturated rings. The van der Waals surface area contributed by atoms with Crippen LogP contribution in [0.4, 0.5) is 0 Å². The van der Waals surface area contributed by atoms with E-state index in [1.807, 2.05) is 13.8 Å². The molecular weight excluding hydrogens is 142 g/mol. The van der Waals surface area contributed by atoms with Gasteiger partial charge in [-0.1, -0.05) is 6.07 Å². The van der Waals surface area contributed by atoms with Gasteiger partial charge < -0.3 is 5.73 Å². The van der Waals surface area contributed by atoms with Crippen LogP contribution in [0.15, 0.2) is 17.5 Å². The van der Waals surface area contributed by atoms with Crippen molar-refractivity contribution in [2.45, 2.75) is 25.8 Å². The van der Waals surface area contributed by atoms with Crippen LogP contribution in [0, 0.1) is 0 Å². The Kier molecular flexibility index (Phi) is 2.11. The van der Waals surface area contributed by atoms with Crippen molar-refractivity contribution in [3.63, 3.8) is 0 Å². The SMILES string of the molecule is CC(C)(N)Cc1cccs1. The van der Waals surface area contributed by atoms with E-state index in [2.05, 4.69) is 17.5 Å². The van der Waals surface area contributed by atoms with Crippen LogP contribution in [0.1, 0.15) is 18.7 Å². The van der Waals surface area contributed by atoms with E-state index in [1.165, 1.54) is 4.88 Å². The van der Waals surface area contributed by atoms with E-state index < -0.39 is 0 Å². The summed E-state index contributed by atoms with van der Waals surface area (Å²) in [5, 5.41) is 2.08. The Balaban J connectivity index is 2.57. The standard InChI is InChI=1S/C8H13NS/c1-8(2,9)6-7-4-3-5-10-7/h3-5H,6,9H2,1-2H3. The molecule has 2 N–H and O–H groups in total. The first-order chi connectivity index (χ1) is 4.58. The number of hydrogen-bond donors (Lipinski definition) is 1.